The predicted octanol–water partition coefficient (Wildman–Crippen LogP) is 1.81. The van der Waals surface area contributed by atoms with Crippen LogP contribution in [0.15, 0.2) is 18.5 Å². The van der Waals surface area contributed by atoms with Crippen molar-refractivity contribution in [3.8, 4) is 0 Å². The molecule has 0 fully saturated rings. The number of nitrogens with zero attached hydrogens (tertiary/aromatic N) is 1. The first-order chi connectivity index (χ1) is 6.61. The van der Waals surface area contributed by atoms with E-state index in [1.807, 2.05) is 11.8 Å². The average molecular weight is 211 g/mol. The summed E-state index contributed by atoms with van der Waals surface area (Å²) in [6, 6.07) is 1.77. The summed E-state index contributed by atoms with van der Waals surface area (Å²) in [5.74, 6) is 0.883. The van der Waals surface area contributed by atoms with E-state index < -0.39 is 0 Å². The quantitative estimate of drug-likeness (QED) is 0.797. The molecule has 0 amide bonds. The van der Waals surface area contributed by atoms with Crippen molar-refractivity contribution in [2.75, 3.05) is 11.5 Å². The van der Waals surface area contributed by atoms with Gasteiger partial charge in [0.25, 0.3) is 0 Å². The molecule has 78 valence electrons. The Hall–Kier alpha value is -0.740. The second kappa shape index (κ2) is 5.22. The van der Waals surface area contributed by atoms with Gasteiger partial charge in [0.2, 0.25) is 0 Å². The van der Waals surface area contributed by atoms with Crippen LogP contribution in [0.3, 0.4) is 0 Å². The SMILES string of the molecule is CC(C)SCC(N)c1cnccc1N. The number of pyridine rings is 1. The van der Waals surface area contributed by atoms with E-state index >= 15 is 0 Å². The fraction of sp³-hybridized carbons (Fsp3) is 0.500. The monoisotopic (exact) mass is 211 g/mol. The molecular formula is C10H17N3S. The number of anilines is 1. The van der Waals surface area contributed by atoms with Gasteiger partial charge in [0.1, 0.15) is 0 Å². The molecule has 0 saturated heterocycles. The Morgan fingerprint density at radius 2 is 2.21 bits per heavy atom. The van der Waals surface area contributed by atoms with E-state index in [0.29, 0.717) is 5.25 Å². The number of rotatable bonds is 4. The highest BCUT2D eigenvalue weighted by molar-refractivity contribution is 7.99. The molecule has 4 N–H and O–H groups in total. The summed E-state index contributed by atoms with van der Waals surface area (Å²) < 4.78 is 0. The molecule has 3 nitrogen and oxygen atoms in total. The molecule has 1 unspecified atom stereocenters. The van der Waals surface area contributed by atoms with Crippen LogP contribution in [0.2, 0.25) is 0 Å². The van der Waals surface area contributed by atoms with Crippen molar-refractivity contribution in [2.24, 2.45) is 5.73 Å². The lowest BCUT2D eigenvalue weighted by atomic mass is 10.1. The minimum Gasteiger partial charge on any atom is -0.398 e. The summed E-state index contributed by atoms with van der Waals surface area (Å²) >= 11 is 1.83. The zero-order chi connectivity index (χ0) is 10.6. The van der Waals surface area contributed by atoms with Crippen LogP contribution in [0.1, 0.15) is 25.5 Å². The molecule has 0 aromatic carbocycles. The summed E-state index contributed by atoms with van der Waals surface area (Å²) in [4.78, 5) is 4.02. The molecule has 1 aromatic heterocycles. The van der Waals surface area contributed by atoms with Crippen LogP contribution in [0.5, 0.6) is 0 Å². The van der Waals surface area contributed by atoms with Crippen LogP contribution in [-0.2, 0) is 0 Å². The molecule has 0 radical (unpaired) electrons. The summed E-state index contributed by atoms with van der Waals surface area (Å²) in [6.07, 6.45) is 3.43. The molecule has 1 aromatic rings. The third-order valence-corrected chi connectivity index (χ3v) is 3.11. The third kappa shape index (κ3) is 3.20. The van der Waals surface area contributed by atoms with Crippen molar-refractivity contribution < 1.29 is 0 Å². The van der Waals surface area contributed by atoms with Gasteiger partial charge < -0.3 is 11.5 Å². The number of hydrogen-bond donors (Lipinski definition) is 2. The first-order valence-electron chi connectivity index (χ1n) is 4.68. The molecule has 4 heteroatoms. The van der Waals surface area contributed by atoms with Crippen LogP contribution in [0.4, 0.5) is 5.69 Å². The molecule has 1 atom stereocenters. The molecule has 0 bridgehead atoms. The predicted molar refractivity (Wildman–Crippen MR) is 63.2 cm³/mol. The lowest BCUT2D eigenvalue weighted by Gasteiger charge is -2.14. The number of nitrogen functional groups attached to an aromatic ring is 1. The van der Waals surface area contributed by atoms with Crippen LogP contribution in [0, 0.1) is 0 Å². The Bertz CT molecular complexity index is 288. The maximum absolute atomic E-state index is 6.00. The number of thioether (sulfide) groups is 1. The maximum atomic E-state index is 6.00. The highest BCUT2D eigenvalue weighted by Crippen LogP contribution is 2.22. The van der Waals surface area contributed by atoms with Crippen LogP contribution < -0.4 is 11.5 Å². The van der Waals surface area contributed by atoms with Gasteiger partial charge in [0.05, 0.1) is 0 Å². The van der Waals surface area contributed by atoms with Gasteiger partial charge in [-0.1, -0.05) is 13.8 Å². The van der Waals surface area contributed by atoms with Gasteiger partial charge >= 0.3 is 0 Å². The summed E-state index contributed by atoms with van der Waals surface area (Å²) in [5, 5.41) is 0.596. The van der Waals surface area contributed by atoms with Crippen molar-refractivity contribution in [3.63, 3.8) is 0 Å². The average Bonchev–Trinajstić information content (AvgIpc) is 2.15. The molecule has 0 aliphatic carbocycles. The third-order valence-electron chi connectivity index (χ3n) is 1.90. The largest absolute Gasteiger partial charge is 0.398 e. The summed E-state index contributed by atoms with van der Waals surface area (Å²) in [7, 11) is 0. The van der Waals surface area contributed by atoms with Crippen molar-refractivity contribution in [1.29, 1.82) is 0 Å². The standard InChI is InChI=1S/C10H17N3S/c1-7(2)14-6-10(12)8-5-13-4-3-9(8)11/h3-5,7,10H,6,12H2,1-2H3,(H2,11,13). The van der Waals surface area contributed by atoms with E-state index in [1.54, 1.807) is 18.5 Å². The highest BCUT2D eigenvalue weighted by atomic mass is 32.2. The number of aromatic nitrogens is 1. The van der Waals surface area contributed by atoms with Crippen LogP contribution >= 0.6 is 11.8 Å². The normalized spacial score (nSPS) is 13.1. The first kappa shape index (κ1) is 11.3. The second-order valence-electron chi connectivity index (χ2n) is 3.49. The van der Waals surface area contributed by atoms with Gasteiger partial charge in [-0.05, 0) is 11.3 Å². The number of nitrogens with two attached hydrogens (primary N) is 2. The molecular weight excluding hydrogens is 194 g/mol. The van der Waals surface area contributed by atoms with Crippen LogP contribution in [0.25, 0.3) is 0 Å². The van der Waals surface area contributed by atoms with Gasteiger partial charge in [-0.25, -0.2) is 0 Å². The van der Waals surface area contributed by atoms with Crippen molar-refractivity contribution in [3.05, 3.63) is 24.0 Å². The summed E-state index contributed by atoms with van der Waals surface area (Å²) in [6.45, 7) is 4.31. The molecule has 1 rings (SSSR count). The Labute approximate surface area is 89.3 Å². The highest BCUT2D eigenvalue weighted by Gasteiger charge is 2.10. The topological polar surface area (TPSA) is 64.9 Å². The molecule has 0 aliphatic rings. The Morgan fingerprint density at radius 3 is 2.79 bits per heavy atom. The zero-order valence-electron chi connectivity index (χ0n) is 8.60. The van der Waals surface area contributed by atoms with Crippen molar-refractivity contribution >= 4 is 17.4 Å². The Kier molecular flexibility index (Phi) is 4.22. The van der Waals surface area contributed by atoms with E-state index in [9.17, 15) is 0 Å². The van der Waals surface area contributed by atoms with E-state index in [-0.39, 0.29) is 6.04 Å². The number of hydrogen-bond acceptors (Lipinski definition) is 4. The van der Waals surface area contributed by atoms with Crippen LogP contribution in [-0.4, -0.2) is 16.0 Å². The fourth-order valence-electron chi connectivity index (χ4n) is 1.11. The van der Waals surface area contributed by atoms with Crippen molar-refractivity contribution in [1.82, 2.24) is 4.98 Å². The minimum absolute atomic E-state index is 0.0175. The van der Waals surface area contributed by atoms with E-state index in [4.69, 9.17) is 11.5 Å². The smallest absolute Gasteiger partial charge is 0.0422 e. The maximum Gasteiger partial charge on any atom is 0.0422 e. The molecule has 14 heavy (non-hydrogen) atoms. The first-order valence-corrected chi connectivity index (χ1v) is 5.72. The summed E-state index contributed by atoms with van der Waals surface area (Å²) in [5.41, 5.74) is 13.5. The molecule has 0 aliphatic heterocycles. The van der Waals surface area contributed by atoms with Gasteiger partial charge in [-0.15, -0.1) is 0 Å². The van der Waals surface area contributed by atoms with Gasteiger partial charge in [0.15, 0.2) is 0 Å². The Balaban J connectivity index is 2.60. The fourth-order valence-corrected chi connectivity index (χ4v) is 1.88. The van der Waals surface area contributed by atoms with E-state index in [0.717, 1.165) is 17.0 Å². The van der Waals surface area contributed by atoms with Gasteiger partial charge in [0, 0.05) is 35.4 Å². The van der Waals surface area contributed by atoms with Gasteiger partial charge in [-0.3, -0.25) is 4.98 Å². The van der Waals surface area contributed by atoms with E-state index in [1.165, 1.54) is 0 Å². The van der Waals surface area contributed by atoms with Gasteiger partial charge in [-0.2, -0.15) is 11.8 Å². The lowest BCUT2D eigenvalue weighted by molar-refractivity contribution is 0.825. The minimum atomic E-state index is -0.0175. The second-order valence-corrected chi connectivity index (χ2v) is 5.10. The molecule has 0 spiro atoms. The zero-order valence-corrected chi connectivity index (χ0v) is 9.42. The van der Waals surface area contributed by atoms with E-state index in [2.05, 4.69) is 18.8 Å². The van der Waals surface area contributed by atoms with Crippen molar-refractivity contribution in [2.45, 2.75) is 25.1 Å². The molecule has 1 heterocycles. The Morgan fingerprint density at radius 1 is 1.50 bits per heavy atom. The molecule has 0 saturated carbocycles. The lowest BCUT2D eigenvalue weighted by Crippen LogP contribution is -2.16.